The van der Waals surface area contributed by atoms with E-state index in [0.717, 1.165) is 5.56 Å². The first-order valence-electron chi connectivity index (χ1n) is 7.14. The van der Waals surface area contributed by atoms with Gasteiger partial charge in [-0.15, -0.1) is 0 Å². The van der Waals surface area contributed by atoms with E-state index in [1.54, 1.807) is 6.92 Å². The lowest BCUT2D eigenvalue weighted by atomic mass is 9.77. The van der Waals surface area contributed by atoms with E-state index in [1.165, 1.54) is 13.8 Å². The van der Waals surface area contributed by atoms with Gasteiger partial charge in [-0.2, -0.15) is 0 Å². The highest BCUT2D eigenvalue weighted by molar-refractivity contribution is 6.03. The highest BCUT2D eigenvalue weighted by Gasteiger charge is 2.42. The van der Waals surface area contributed by atoms with Crippen molar-refractivity contribution in [2.75, 3.05) is 0 Å². The first-order chi connectivity index (χ1) is 9.92. The van der Waals surface area contributed by atoms with E-state index in [4.69, 9.17) is 4.74 Å². The van der Waals surface area contributed by atoms with Crippen molar-refractivity contribution in [2.45, 2.75) is 46.6 Å². The van der Waals surface area contributed by atoms with Crippen LogP contribution in [0.1, 0.15) is 45.6 Å². The van der Waals surface area contributed by atoms with Crippen molar-refractivity contribution < 1.29 is 19.1 Å². The Morgan fingerprint density at radius 3 is 2.19 bits per heavy atom. The minimum Gasteiger partial charge on any atom is -0.460 e. The molecule has 0 spiro atoms. The van der Waals surface area contributed by atoms with Gasteiger partial charge in [-0.1, -0.05) is 37.3 Å². The van der Waals surface area contributed by atoms with E-state index in [0.29, 0.717) is 6.42 Å². The smallest absolute Gasteiger partial charge is 0.319 e. The van der Waals surface area contributed by atoms with Crippen LogP contribution in [0.15, 0.2) is 30.3 Å². The van der Waals surface area contributed by atoms with Crippen LogP contribution >= 0.6 is 0 Å². The van der Waals surface area contributed by atoms with Crippen molar-refractivity contribution in [3.05, 3.63) is 35.9 Å². The molecule has 0 saturated heterocycles. The molecule has 0 N–H and O–H groups in total. The van der Waals surface area contributed by atoms with Crippen molar-refractivity contribution in [2.24, 2.45) is 5.41 Å². The van der Waals surface area contributed by atoms with Gasteiger partial charge in [0.2, 0.25) is 0 Å². The number of hydrogen-bond donors (Lipinski definition) is 0. The minimum absolute atomic E-state index is 0.0371. The van der Waals surface area contributed by atoms with Gasteiger partial charge in [0.25, 0.3) is 0 Å². The second-order valence-corrected chi connectivity index (χ2v) is 5.26. The number of rotatable bonds is 8. The molecule has 0 saturated carbocycles. The van der Waals surface area contributed by atoms with E-state index in [9.17, 15) is 14.4 Å². The summed E-state index contributed by atoms with van der Waals surface area (Å²) >= 11 is 0. The van der Waals surface area contributed by atoms with Crippen LogP contribution in [0.4, 0.5) is 0 Å². The highest BCUT2D eigenvalue weighted by Crippen LogP contribution is 2.31. The highest BCUT2D eigenvalue weighted by atomic mass is 16.5. The van der Waals surface area contributed by atoms with Crippen LogP contribution in [0.25, 0.3) is 0 Å². The molecule has 0 amide bonds. The number of ketones is 2. The Balaban J connectivity index is 2.80. The zero-order chi connectivity index (χ0) is 15.9. The number of benzene rings is 1. The molecular weight excluding hydrogens is 268 g/mol. The quantitative estimate of drug-likeness (QED) is 0.545. The van der Waals surface area contributed by atoms with Gasteiger partial charge in [0, 0.05) is 6.42 Å². The molecule has 0 radical (unpaired) electrons. The second-order valence-electron chi connectivity index (χ2n) is 5.26. The van der Waals surface area contributed by atoms with Gasteiger partial charge >= 0.3 is 5.97 Å². The Bertz CT molecular complexity index is 507. The Kier molecular flexibility index (Phi) is 6.28. The third-order valence-electron chi connectivity index (χ3n) is 3.78. The maximum Gasteiger partial charge on any atom is 0.319 e. The van der Waals surface area contributed by atoms with Crippen molar-refractivity contribution in [3.8, 4) is 0 Å². The molecule has 0 bridgehead atoms. The number of carbonyl (C=O) groups is 3. The standard InChI is InChI=1S/C17H22O4/c1-4-17(14(3)19,11-10-13(2)18)16(20)21-12-15-8-6-5-7-9-15/h5-9H,4,10-12H2,1-3H3/t17-/m0/s1. The summed E-state index contributed by atoms with van der Waals surface area (Å²) in [5.41, 5.74) is -0.341. The summed E-state index contributed by atoms with van der Waals surface area (Å²) in [4.78, 5) is 35.5. The van der Waals surface area contributed by atoms with Gasteiger partial charge in [-0.25, -0.2) is 0 Å². The van der Waals surface area contributed by atoms with Crippen LogP contribution in [-0.4, -0.2) is 17.5 Å². The largest absolute Gasteiger partial charge is 0.460 e. The predicted molar refractivity (Wildman–Crippen MR) is 79.6 cm³/mol. The molecule has 0 aliphatic heterocycles. The molecule has 0 aliphatic rings. The number of ether oxygens (including phenoxy) is 1. The Hall–Kier alpha value is -1.97. The number of Topliss-reactive ketones (excluding diaryl/α,β-unsaturated/α-hetero) is 2. The monoisotopic (exact) mass is 290 g/mol. The van der Waals surface area contributed by atoms with Gasteiger partial charge in [0.05, 0.1) is 0 Å². The van der Waals surface area contributed by atoms with Crippen LogP contribution in [0.2, 0.25) is 0 Å². The van der Waals surface area contributed by atoms with Crippen LogP contribution in [0.3, 0.4) is 0 Å². The number of hydrogen-bond acceptors (Lipinski definition) is 4. The average molecular weight is 290 g/mol. The van der Waals surface area contributed by atoms with Crippen LogP contribution < -0.4 is 0 Å². The molecule has 1 atom stereocenters. The molecular formula is C17H22O4. The SMILES string of the molecule is CC[C@](CCC(C)=O)(C(C)=O)C(=O)OCc1ccccc1. The Morgan fingerprint density at radius 2 is 1.71 bits per heavy atom. The van der Waals surface area contributed by atoms with Crippen LogP contribution in [-0.2, 0) is 25.7 Å². The van der Waals surface area contributed by atoms with Gasteiger partial charge < -0.3 is 9.53 Å². The molecule has 1 rings (SSSR count). The zero-order valence-electron chi connectivity index (χ0n) is 12.8. The summed E-state index contributed by atoms with van der Waals surface area (Å²) in [5.74, 6) is -0.822. The van der Waals surface area contributed by atoms with Gasteiger partial charge in [0.1, 0.15) is 23.6 Å². The van der Waals surface area contributed by atoms with E-state index in [1.807, 2.05) is 30.3 Å². The molecule has 0 unspecified atom stereocenters. The summed E-state index contributed by atoms with van der Waals surface area (Å²) < 4.78 is 5.31. The molecule has 21 heavy (non-hydrogen) atoms. The molecule has 0 aliphatic carbocycles. The lowest BCUT2D eigenvalue weighted by molar-refractivity contribution is -0.162. The van der Waals surface area contributed by atoms with Gasteiger partial charge in [-0.05, 0) is 32.3 Å². The molecule has 4 nitrogen and oxygen atoms in total. The minimum atomic E-state index is -1.21. The topological polar surface area (TPSA) is 60.4 Å². The fourth-order valence-electron chi connectivity index (χ4n) is 2.24. The maximum atomic E-state index is 12.4. The normalized spacial score (nSPS) is 13.3. The summed E-state index contributed by atoms with van der Waals surface area (Å²) in [6, 6.07) is 9.30. The van der Waals surface area contributed by atoms with E-state index >= 15 is 0 Å². The third-order valence-corrected chi connectivity index (χ3v) is 3.78. The lowest BCUT2D eigenvalue weighted by Gasteiger charge is -2.27. The molecule has 0 aromatic heterocycles. The number of carbonyl (C=O) groups excluding carboxylic acids is 3. The zero-order valence-corrected chi connectivity index (χ0v) is 12.8. The predicted octanol–water partition coefficient (Wildman–Crippen LogP) is 3.08. The molecule has 0 fully saturated rings. The molecule has 1 aromatic carbocycles. The van der Waals surface area contributed by atoms with Gasteiger partial charge in [-0.3, -0.25) is 9.59 Å². The molecule has 4 heteroatoms. The Labute approximate surface area is 125 Å². The van der Waals surface area contributed by atoms with Crippen LogP contribution in [0, 0.1) is 5.41 Å². The number of esters is 1. The average Bonchev–Trinajstić information content (AvgIpc) is 2.46. The van der Waals surface area contributed by atoms with Gasteiger partial charge in [0.15, 0.2) is 0 Å². The molecule has 0 heterocycles. The summed E-state index contributed by atoms with van der Waals surface area (Å²) in [5, 5.41) is 0. The second kappa shape index (κ2) is 7.72. The van der Waals surface area contributed by atoms with Crippen molar-refractivity contribution in [3.63, 3.8) is 0 Å². The fourth-order valence-corrected chi connectivity index (χ4v) is 2.24. The van der Waals surface area contributed by atoms with E-state index in [2.05, 4.69) is 0 Å². The first kappa shape index (κ1) is 17.1. The maximum absolute atomic E-state index is 12.4. The molecule has 114 valence electrons. The summed E-state index contributed by atoms with van der Waals surface area (Å²) in [7, 11) is 0. The van der Waals surface area contributed by atoms with Crippen molar-refractivity contribution in [1.82, 2.24) is 0 Å². The van der Waals surface area contributed by atoms with Crippen molar-refractivity contribution >= 4 is 17.5 Å². The lowest BCUT2D eigenvalue weighted by Crippen LogP contribution is -2.39. The van der Waals surface area contributed by atoms with E-state index in [-0.39, 0.29) is 31.0 Å². The third kappa shape index (κ3) is 4.52. The van der Waals surface area contributed by atoms with Crippen molar-refractivity contribution in [1.29, 1.82) is 0 Å². The van der Waals surface area contributed by atoms with E-state index < -0.39 is 11.4 Å². The first-order valence-corrected chi connectivity index (χ1v) is 7.14. The summed E-state index contributed by atoms with van der Waals surface area (Å²) in [6.07, 6.45) is 0.749. The summed E-state index contributed by atoms with van der Waals surface area (Å²) in [6.45, 7) is 4.74. The fraction of sp³-hybridized carbons (Fsp3) is 0.471. The molecule has 1 aromatic rings. The Morgan fingerprint density at radius 1 is 1.10 bits per heavy atom. The van der Waals surface area contributed by atoms with Crippen LogP contribution in [0.5, 0.6) is 0 Å².